The fourth-order valence-electron chi connectivity index (χ4n) is 2.72. The van der Waals surface area contributed by atoms with Gasteiger partial charge in [0.25, 0.3) is 0 Å². The zero-order valence-electron chi connectivity index (χ0n) is 16.0. The predicted molar refractivity (Wildman–Crippen MR) is 119 cm³/mol. The summed E-state index contributed by atoms with van der Waals surface area (Å²) in [4.78, 5) is 0. The number of hydrogen-bond donors (Lipinski definition) is 1. The maximum absolute atomic E-state index is 6.20. The average Bonchev–Trinajstić information content (AvgIpc) is 2.72. The molecule has 0 saturated heterocycles. The number of hydrogen-bond acceptors (Lipinski definition) is 4. The molecule has 0 heterocycles. The van der Waals surface area contributed by atoms with E-state index in [0.717, 1.165) is 16.8 Å². The van der Waals surface area contributed by atoms with E-state index in [4.69, 9.17) is 49.0 Å². The summed E-state index contributed by atoms with van der Waals surface area (Å²) in [5.41, 5.74) is 2.78. The summed E-state index contributed by atoms with van der Waals surface area (Å²) in [6, 6.07) is 16.7. The zero-order chi connectivity index (χ0) is 20.8. The molecule has 4 nitrogen and oxygen atoms in total. The van der Waals surface area contributed by atoms with E-state index >= 15 is 0 Å². The molecule has 7 heteroatoms. The van der Waals surface area contributed by atoms with Crippen LogP contribution in [0.1, 0.15) is 11.1 Å². The number of benzene rings is 3. The summed E-state index contributed by atoms with van der Waals surface area (Å²) in [7, 11) is 3.20. The van der Waals surface area contributed by atoms with Crippen molar-refractivity contribution in [3.05, 3.63) is 80.8 Å². The van der Waals surface area contributed by atoms with Crippen LogP contribution >= 0.6 is 34.8 Å². The molecule has 0 fully saturated rings. The van der Waals surface area contributed by atoms with Crippen LogP contribution in [0.5, 0.6) is 17.2 Å². The fraction of sp³-hybridized carbons (Fsp3) is 0.182. The molecule has 0 aliphatic heterocycles. The number of halogens is 3. The van der Waals surface area contributed by atoms with E-state index in [0.29, 0.717) is 45.5 Å². The first-order valence-electron chi connectivity index (χ1n) is 8.81. The fourth-order valence-corrected chi connectivity index (χ4v) is 3.44. The molecule has 0 radical (unpaired) electrons. The summed E-state index contributed by atoms with van der Waals surface area (Å²) in [5.74, 6) is 1.91. The average molecular weight is 453 g/mol. The Hall–Kier alpha value is -2.27. The Balaban J connectivity index is 1.65. The van der Waals surface area contributed by atoms with Gasteiger partial charge in [-0.3, -0.25) is 0 Å². The molecule has 3 rings (SSSR count). The van der Waals surface area contributed by atoms with Crippen LogP contribution in [0, 0.1) is 0 Å². The van der Waals surface area contributed by atoms with Crippen LogP contribution < -0.4 is 19.5 Å². The van der Waals surface area contributed by atoms with Gasteiger partial charge in [0.05, 0.1) is 19.2 Å². The molecule has 152 valence electrons. The molecule has 0 unspecified atom stereocenters. The van der Waals surface area contributed by atoms with Crippen molar-refractivity contribution >= 4 is 40.5 Å². The smallest absolute Gasteiger partial charge is 0.161 e. The third-order valence-electron chi connectivity index (χ3n) is 4.27. The third kappa shape index (κ3) is 5.63. The molecule has 3 aromatic carbocycles. The van der Waals surface area contributed by atoms with Crippen molar-refractivity contribution in [1.82, 2.24) is 0 Å². The standard InChI is InChI=1S/C22H20Cl3NO3/c1-27-20-8-6-17(11-19(20)25)26-12-14-3-7-21(22(9-14)28-2)29-13-15-4-5-16(23)10-18(15)24/h3-11,26H,12-13H2,1-2H3. The highest BCUT2D eigenvalue weighted by atomic mass is 35.5. The van der Waals surface area contributed by atoms with Crippen LogP contribution in [0.3, 0.4) is 0 Å². The van der Waals surface area contributed by atoms with Crippen LogP contribution in [-0.2, 0) is 13.2 Å². The second-order valence-electron chi connectivity index (χ2n) is 6.21. The second-order valence-corrected chi connectivity index (χ2v) is 7.46. The van der Waals surface area contributed by atoms with Gasteiger partial charge in [-0.2, -0.15) is 0 Å². The van der Waals surface area contributed by atoms with Crippen molar-refractivity contribution < 1.29 is 14.2 Å². The second kappa shape index (κ2) is 9.97. The summed E-state index contributed by atoms with van der Waals surface area (Å²) in [6.45, 7) is 0.913. The Bertz CT molecular complexity index is 995. The molecule has 0 atom stereocenters. The molecule has 0 aliphatic carbocycles. The van der Waals surface area contributed by atoms with Gasteiger partial charge in [-0.15, -0.1) is 0 Å². The molecule has 1 N–H and O–H groups in total. The van der Waals surface area contributed by atoms with E-state index in [-0.39, 0.29) is 0 Å². The highest BCUT2D eigenvalue weighted by Crippen LogP contribution is 2.31. The highest BCUT2D eigenvalue weighted by molar-refractivity contribution is 6.35. The number of anilines is 1. The molecule has 0 amide bonds. The van der Waals surface area contributed by atoms with Crippen LogP contribution in [0.25, 0.3) is 0 Å². The minimum Gasteiger partial charge on any atom is -0.495 e. The van der Waals surface area contributed by atoms with Crippen LogP contribution in [0.4, 0.5) is 5.69 Å². The highest BCUT2D eigenvalue weighted by Gasteiger charge is 2.09. The topological polar surface area (TPSA) is 39.7 Å². The van der Waals surface area contributed by atoms with Crippen LogP contribution in [0.2, 0.25) is 15.1 Å². The monoisotopic (exact) mass is 451 g/mol. The summed E-state index contributed by atoms with van der Waals surface area (Å²) in [6.07, 6.45) is 0. The van der Waals surface area contributed by atoms with Gasteiger partial charge >= 0.3 is 0 Å². The third-order valence-corrected chi connectivity index (χ3v) is 5.16. The lowest BCUT2D eigenvalue weighted by atomic mass is 10.2. The van der Waals surface area contributed by atoms with Gasteiger partial charge in [-0.25, -0.2) is 0 Å². The summed E-state index contributed by atoms with van der Waals surface area (Å²) < 4.78 is 16.5. The largest absolute Gasteiger partial charge is 0.495 e. The Kier molecular flexibility index (Phi) is 7.37. The zero-order valence-corrected chi connectivity index (χ0v) is 18.2. The van der Waals surface area contributed by atoms with Gasteiger partial charge in [0.15, 0.2) is 11.5 Å². The van der Waals surface area contributed by atoms with Gasteiger partial charge in [0, 0.05) is 27.8 Å². The maximum atomic E-state index is 6.20. The van der Waals surface area contributed by atoms with Gasteiger partial charge < -0.3 is 19.5 Å². The minimum absolute atomic E-state index is 0.314. The quantitative estimate of drug-likeness (QED) is 0.405. The number of nitrogens with one attached hydrogen (secondary N) is 1. The first-order valence-corrected chi connectivity index (χ1v) is 9.94. The van der Waals surface area contributed by atoms with Crippen LogP contribution in [-0.4, -0.2) is 14.2 Å². The molecule has 0 bridgehead atoms. The van der Waals surface area contributed by atoms with E-state index in [1.54, 1.807) is 26.4 Å². The van der Waals surface area contributed by atoms with Crippen molar-refractivity contribution in [1.29, 1.82) is 0 Å². The SMILES string of the molecule is COc1ccc(NCc2ccc(OCc3ccc(Cl)cc3Cl)c(OC)c2)cc1Cl. The van der Waals surface area contributed by atoms with E-state index in [9.17, 15) is 0 Å². The molecular weight excluding hydrogens is 433 g/mol. The first-order chi connectivity index (χ1) is 14.0. The lowest BCUT2D eigenvalue weighted by molar-refractivity contribution is 0.284. The Labute approximate surface area is 185 Å². The van der Waals surface area contributed by atoms with Crippen LogP contribution in [0.15, 0.2) is 54.6 Å². The van der Waals surface area contributed by atoms with E-state index in [1.165, 1.54) is 0 Å². The lowest BCUT2D eigenvalue weighted by Gasteiger charge is -2.14. The molecule has 3 aromatic rings. The molecule has 0 saturated carbocycles. The van der Waals surface area contributed by atoms with Gasteiger partial charge in [0.2, 0.25) is 0 Å². The summed E-state index contributed by atoms with van der Waals surface area (Å²) in [5, 5.41) is 5.04. The van der Waals surface area contributed by atoms with Crippen molar-refractivity contribution in [3.63, 3.8) is 0 Å². The van der Waals surface area contributed by atoms with Gasteiger partial charge in [-0.05, 0) is 48.0 Å². The maximum Gasteiger partial charge on any atom is 0.161 e. The van der Waals surface area contributed by atoms with Crippen molar-refractivity contribution in [2.24, 2.45) is 0 Å². The predicted octanol–water partition coefficient (Wildman–Crippen LogP) is 6.86. The van der Waals surface area contributed by atoms with E-state index < -0.39 is 0 Å². The van der Waals surface area contributed by atoms with Crippen molar-refractivity contribution in [2.75, 3.05) is 19.5 Å². The normalized spacial score (nSPS) is 10.5. The van der Waals surface area contributed by atoms with Crippen molar-refractivity contribution in [2.45, 2.75) is 13.2 Å². The Morgan fingerprint density at radius 1 is 0.759 bits per heavy atom. The van der Waals surface area contributed by atoms with E-state index in [1.807, 2.05) is 42.5 Å². The van der Waals surface area contributed by atoms with E-state index in [2.05, 4.69) is 5.32 Å². The van der Waals surface area contributed by atoms with Gasteiger partial charge in [0.1, 0.15) is 12.4 Å². The number of rotatable bonds is 8. The first kappa shape index (κ1) is 21.4. The number of ether oxygens (including phenoxy) is 3. The molecule has 0 spiro atoms. The molecule has 0 aliphatic rings. The molecule has 29 heavy (non-hydrogen) atoms. The number of methoxy groups -OCH3 is 2. The Morgan fingerprint density at radius 2 is 1.52 bits per heavy atom. The van der Waals surface area contributed by atoms with Crippen molar-refractivity contribution in [3.8, 4) is 17.2 Å². The summed E-state index contributed by atoms with van der Waals surface area (Å²) >= 11 is 18.3. The lowest BCUT2D eigenvalue weighted by Crippen LogP contribution is -2.02. The Morgan fingerprint density at radius 3 is 2.21 bits per heavy atom. The minimum atomic E-state index is 0.314. The molecular formula is C22H20Cl3NO3. The molecule has 0 aromatic heterocycles. The van der Waals surface area contributed by atoms with Gasteiger partial charge in [-0.1, -0.05) is 46.9 Å².